The van der Waals surface area contributed by atoms with Crippen molar-refractivity contribution in [1.29, 1.82) is 0 Å². The van der Waals surface area contributed by atoms with Gasteiger partial charge in [-0.05, 0) is 12.1 Å². The van der Waals surface area contributed by atoms with Crippen molar-refractivity contribution in [3.8, 4) is 0 Å². The number of Topliss-reactive ketones (excluding diaryl/α,β-unsaturated/α-hetero) is 1. The third-order valence-electron chi connectivity index (χ3n) is 2.50. The summed E-state index contributed by atoms with van der Waals surface area (Å²) < 4.78 is 38.4. The predicted molar refractivity (Wildman–Crippen MR) is 58.3 cm³/mol. The van der Waals surface area contributed by atoms with Crippen molar-refractivity contribution in [3.63, 3.8) is 0 Å². The molecule has 0 aromatic carbocycles. The summed E-state index contributed by atoms with van der Waals surface area (Å²) in [6.45, 7) is 0. The molecule has 0 fully saturated rings. The van der Waals surface area contributed by atoms with E-state index in [1.54, 1.807) is 7.05 Å². The Labute approximate surface area is 106 Å². The zero-order valence-electron chi connectivity index (χ0n) is 9.85. The van der Waals surface area contributed by atoms with Crippen LogP contribution in [0.25, 0.3) is 0 Å². The smallest absolute Gasteiger partial charge is 0.292 e. The highest BCUT2D eigenvalue weighted by Gasteiger charge is 2.30. The first-order valence-electron chi connectivity index (χ1n) is 5.27. The fraction of sp³-hybridized carbons (Fsp3) is 0.273. The molecule has 0 amide bonds. The van der Waals surface area contributed by atoms with Gasteiger partial charge in [0.1, 0.15) is 17.8 Å². The first-order valence-corrected chi connectivity index (χ1v) is 5.27. The van der Waals surface area contributed by atoms with Gasteiger partial charge in [0, 0.05) is 13.2 Å². The van der Waals surface area contributed by atoms with E-state index < -0.39 is 17.5 Å². The number of rotatable bonds is 3. The van der Waals surface area contributed by atoms with E-state index in [-0.39, 0.29) is 12.1 Å². The molecule has 0 aliphatic carbocycles. The SMILES string of the molecule is Cn1ncnc1CC(=O)c1ccc(C(F)(F)F)cn1. The normalized spacial score (nSPS) is 11.6. The molecule has 0 aliphatic heterocycles. The van der Waals surface area contributed by atoms with E-state index in [1.807, 2.05) is 0 Å². The zero-order valence-corrected chi connectivity index (χ0v) is 9.85. The number of hydrogen-bond donors (Lipinski definition) is 0. The number of nitrogens with zero attached hydrogens (tertiary/aromatic N) is 4. The third-order valence-corrected chi connectivity index (χ3v) is 2.50. The van der Waals surface area contributed by atoms with Crippen LogP contribution in [0.2, 0.25) is 0 Å². The van der Waals surface area contributed by atoms with Crippen LogP contribution in [0, 0.1) is 0 Å². The molecule has 0 saturated heterocycles. The van der Waals surface area contributed by atoms with Crippen molar-refractivity contribution in [2.45, 2.75) is 12.6 Å². The summed E-state index contributed by atoms with van der Waals surface area (Å²) >= 11 is 0. The van der Waals surface area contributed by atoms with E-state index in [2.05, 4.69) is 15.1 Å². The number of halogens is 3. The lowest BCUT2D eigenvalue weighted by molar-refractivity contribution is -0.137. The number of aryl methyl sites for hydroxylation is 1. The molecule has 0 saturated carbocycles. The fourth-order valence-corrected chi connectivity index (χ4v) is 1.44. The molecule has 2 rings (SSSR count). The molecule has 0 radical (unpaired) electrons. The monoisotopic (exact) mass is 270 g/mol. The maximum atomic E-state index is 12.3. The fourth-order valence-electron chi connectivity index (χ4n) is 1.44. The van der Waals surface area contributed by atoms with Crippen LogP contribution in [0.4, 0.5) is 13.2 Å². The van der Waals surface area contributed by atoms with Crippen LogP contribution < -0.4 is 0 Å². The molecule has 0 spiro atoms. The Morgan fingerprint density at radius 2 is 2.05 bits per heavy atom. The minimum atomic E-state index is -4.46. The zero-order chi connectivity index (χ0) is 14.0. The summed E-state index contributed by atoms with van der Waals surface area (Å²) in [6, 6.07) is 1.89. The van der Waals surface area contributed by atoms with Crippen LogP contribution in [-0.4, -0.2) is 25.5 Å². The summed E-state index contributed by atoms with van der Waals surface area (Å²) in [5.41, 5.74) is -0.918. The summed E-state index contributed by atoms with van der Waals surface area (Å²) in [5.74, 6) is 0.0107. The Morgan fingerprint density at radius 3 is 2.53 bits per heavy atom. The highest BCUT2D eigenvalue weighted by molar-refractivity contribution is 5.95. The maximum absolute atomic E-state index is 12.3. The van der Waals surface area contributed by atoms with Crippen LogP contribution in [0.1, 0.15) is 21.9 Å². The third kappa shape index (κ3) is 2.95. The second kappa shape index (κ2) is 4.79. The largest absolute Gasteiger partial charge is 0.417 e. The topological polar surface area (TPSA) is 60.7 Å². The van der Waals surface area contributed by atoms with Crippen molar-refractivity contribution in [3.05, 3.63) is 41.7 Å². The van der Waals surface area contributed by atoms with Crippen LogP contribution in [0.3, 0.4) is 0 Å². The van der Waals surface area contributed by atoms with Gasteiger partial charge < -0.3 is 0 Å². The van der Waals surface area contributed by atoms with E-state index in [9.17, 15) is 18.0 Å². The molecular formula is C11H9F3N4O. The molecule has 2 aromatic heterocycles. The van der Waals surface area contributed by atoms with E-state index in [1.165, 1.54) is 11.0 Å². The number of aromatic nitrogens is 4. The number of carbonyl (C=O) groups is 1. The molecule has 19 heavy (non-hydrogen) atoms. The molecule has 5 nitrogen and oxygen atoms in total. The van der Waals surface area contributed by atoms with E-state index in [4.69, 9.17) is 0 Å². The molecule has 0 unspecified atom stereocenters. The molecule has 0 bridgehead atoms. The summed E-state index contributed by atoms with van der Waals surface area (Å²) in [4.78, 5) is 19.2. The standard InChI is InChI=1S/C11H9F3N4O/c1-18-10(16-6-17-18)4-9(19)8-3-2-7(5-15-8)11(12,13)14/h2-3,5-6H,4H2,1H3. The molecule has 0 atom stereocenters. The molecule has 2 aromatic rings. The van der Waals surface area contributed by atoms with Gasteiger partial charge in [-0.3, -0.25) is 14.5 Å². The minimum absolute atomic E-state index is 0.0315. The van der Waals surface area contributed by atoms with Gasteiger partial charge in [-0.2, -0.15) is 18.3 Å². The summed E-state index contributed by atoms with van der Waals surface area (Å²) in [6.07, 6.45) is -2.58. The van der Waals surface area contributed by atoms with Gasteiger partial charge in [-0.25, -0.2) is 4.98 Å². The lowest BCUT2D eigenvalue weighted by Crippen LogP contribution is -2.12. The van der Waals surface area contributed by atoms with Crippen molar-refractivity contribution in [1.82, 2.24) is 19.7 Å². The highest BCUT2D eigenvalue weighted by atomic mass is 19.4. The van der Waals surface area contributed by atoms with E-state index in [0.717, 1.165) is 12.1 Å². The van der Waals surface area contributed by atoms with Crippen molar-refractivity contribution in [2.24, 2.45) is 7.05 Å². The lowest BCUT2D eigenvalue weighted by atomic mass is 10.1. The Kier molecular flexibility index (Phi) is 3.32. The number of pyridine rings is 1. The molecule has 2 heterocycles. The quantitative estimate of drug-likeness (QED) is 0.796. The van der Waals surface area contributed by atoms with Gasteiger partial charge in [0.05, 0.1) is 12.0 Å². The Hall–Kier alpha value is -2.25. The Morgan fingerprint density at radius 1 is 1.32 bits per heavy atom. The van der Waals surface area contributed by atoms with Crippen LogP contribution >= 0.6 is 0 Å². The molecule has 100 valence electrons. The molecule has 8 heteroatoms. The number of hydrogen-bond acceptors (Lipinski definition) is 4. The lowest BCUT2D eigenvalue weighted by Gasteiger charge is -2.06. The van der Waals surface area contributed by atoms with Gasteiger partial charge in [-0.15, -0.1) is 0 Å². The van der Waals surface area contributed by atoms with Crippen LogP contribution in [-0.2, 0) is 19.6 Å². The second-order valence-electron chi connectivity index (χ2n) is 3.83. The van der Waals surface area contributed by atoms with Gasteiger partial charge in [0.2, 0.25) is 0 Å². The van der Waals surface area contributed by atoms with Crippen molar-refractivity contribution in [2.75, 3.05) is 0 Å². The number of alkyl halides is 3. The molecule has 0 N–H and O–H groups in total. The Bertz CT molecular complexity index is 589. The Balaban J connectivity index is 2.14. The predicted octanol–water partition coefficient (Wildman–Crippen LogP) is 1.65. The highest BCUT2D eigenvalue weighted by Crippen LogP contribution is 2.28. The van der Waals surface area contributed by atoms with Crippen LogP contribution in [0.15, 0.2) is 24.7 Å². The molecular weight excluding hydrogens is 261 g/mol. The summed E-state index contributed by atoms with van der Waals surface area (Å²) in [5, 5.41) is 3.79. The average molecular weight is 270 g/mol. The van der Waals surface area contributed by atoms with E-state index in [0.29, 0.717) is 12.0 Å². The van der Waals surface area contributed by atoms with Gasteiger partial charge >= 0.3 is 6.18 Å². The molecule has 0 aliphatic rings. The van der Waals surface area contributed by atoms with Crippen LogP contribution in [0.5, 0.6) is 0 Å². The van der Waals surface area contributed by atoms with Gasteiger partial charge in [0.15, 0.2) is 5.78 Å². The average Bonchev–Trinajstić information content (AvgIpc) is 2.74. The second-order valence-corrected chi connectivity index (χ2v) is 3.83. The first kappa shape index (κ1) is 13.2. The number of ketones is 1. The van der Waals surface area contributed by atoms with Gasteiger partial charge in [-0.1, -0.05) is 0 Å². The van der Waals surface area contributed by atoms with E-state index >= 15 is 0 Å². The van der Waals surface area contributed by atoms with Crippen molar-refractivity contribution >= 4 is 5.78 Å². The number of carbonyl (C=O) groups excluding carboxylic acids is 1. The summed E-state index contributed by atoms with van der Waals surface area (Å²) in [7, 11) is 1.62. The van der Waals surface area contributed by atoms with Gasteiger partial charge in [0.25, 0.3) is 0 Å². The minimum Gasteiger partial charge on any atom is -0.292 e. The first-order chi connectivity index (χ1) is 8.88. The maximum Gasteiger partial charge on any atom is 0.417 e. The van der Waals surface area contributed by atoms with Crippen molar-refractivity contribution < 1.29 is 18.0 Å².